The van der Waals surface area contributed by atoms with Gasteiger partial charge in [-0.25, -0.2) is 0 Å². The molecule has 0 bridgehead atoms. The van der Waals surface area contributed by atoms with Crippen molar-refractivity contribution in [2.45, 2.75) is 39.0 Å². The average molecular weight is 427 g/mol. The number of aliphatic hydroxyl groups is 1. The van der Waals surface area contributed by atoms with E-state index in [0.29, 0.717) is 15.6 Å². The van der Waals surface area contributed by atoms with Crippen LogP contribution in [-0.2, 0) is 0 Å². The van der Waals surface area contributed by atoms with E-state index in [1.54, 1.807) is 6.92 Å². The highest BCUT2D eigenvalue weighted by atomic mass is 35.5. The van der Waals surface area contributed by atoms with E-state index in [1.165, 1.54) is 0 Å². The average Bonchev–Trinajstić information content (AvgIpc) is 3.10. The van der Waals surface area contributed by atoms with Crippen LogP contribution in [-0.4, -0.2) is 22.4 Å². The molecule has 0 saturated carbocycles. The third kappa shape index (κ3) is 4.51. The van der Waals surface area contributed by atoms with E-state index in [1.807, 2.05) is 54.9 Å². The Morgan fingerprint density at radius 3 is 1.97 bits per heavy atom. The van der Waals surface area contributed by atoms with E-state index in [4.69, 9.17) is 34.6 Å². The second-order valence-corrected chi connectivity index (χ2v) is 8.31. The number of terminal acetylenes is 1. The number of rotatable bonds is 5. The van der Waals surface area contributed by atoms with Gasteiger partial charge in [0.2, 0.25) is 0 Å². The van der Waals surface area contributed by atoms with E-state index >= 15 is 0 Å². The van der Waals surface area contributed by atoms with Crippen LogP contribution in [0.25, 0.3) is 0 Å². The summed E-state index contributed by atoms with van der Waals surface area (Å²) in [4.78, 5) is 6.91. The Balaban J connectivity index is 2.15. The summed E-state index contributed by atoms with van der Waals surface area (Å²) in [5.74, 6) is 2.79. The molecule has 0 amide bonds. The lowest BCUT2D eigenvalue weighted by Gasteiger charge is -2.34. The number of allylic oxidation sites excluding steroid dienone is 1. The first-order chi connectivity index (χ1) is 13.8. The highest BCUT2D eigenvalue weighted by molar-refractivity contribution is 6.30. The van der Waals surface area contributed by atoms with Crippen LogP contribution in [0.5, 0.6) is 0 Å². The third-order valence-corrected chi connectivity index (χ3v) is 5.55. The second-order valence-electron chi connectivity index (χ2n) is 7.44. The zero-order valence-corrected chi connectivity index (χ0v) is 18.2. The first-order valence-electron chi connectivity index (χ1n) is 9.54. The van der Waals surface area contributed by atoms with Crippen molar-refractivity contribution in [3.8, 4) is 12.3 Å². The zero-order chi connectivity index (χ0) is 21.1. The monoisotopic (exact) mass is 426 g/mol. The van der Waals surface area contributed by atoms with Gasteiger partial charge < -0.3 is 10.0 Å². The Hall–Kier alpha value is -2.25. The summed E-state index contributed by atoms with van der Waals surface area (Å²) in [5, 5.41) is 11.7. The molecule has 1 N–H and O–H groups in total. The first kappa shape index (κ1) is 21.5. The molecule has 1 aliphatic rings. The zero-order valence-electron chi connectivity index (χ0n) is 16.7. The summed E-state index contributed by atoms with van der Waals surface area (Å²) in [6, 6.07) is 15.2. The predicted molar refractivity (Wildman–Crippen MR) is 121 cm³/mol. The summed E-state index contributed by atoms with van der Waals surface area (Å²) >= 11 is 12.2. The maximum atomic E-state index is 10.3. The summed E-state index contributed by atoms with van der Waals surface area (Å²) in [6.07, 6.45) is 6.86. The SMILES string of the molecule is C#C/C(=C(/C(C)C)N1C=N[C@@H](c2ccc(Cl)cc2)[C@H]1c1ccc(Cl)cc1)C(C)O. The minimum absolute atomic E-state index is 0.0980. The minimum atomic E-state index is -0.744. The number of aliphatic hydroxyl groups excluding tert-OH is 1. The number of nitrogens with zero attached hydrogens (tertiary/aromatic N) is 2. The molecule has 3 nitrogen and oxygen atoms in total. The fourth-order valence-corrected chi connectivity index (χ4v) is 4.00. The quantitative estimate of drug-likeness (QED) is 0.591. The standard InChI is InChI=1S/C24H24Cl2N2O/c1-5-21(16(4)29)23(15(2)3)28-14-27-22(17-6-10-19(25)11-7-17)24(28)18-8-12-20(26)13-9-18/h1,6-16,22,24,29H,2-4H3/b23-21+/t16?,22-,24+/m0/s1. The van der Waals surface area contributed by atoms with E-state index < -0.39 is 6.10 Å². The van der Waals surface area contributed by atoms with Crippen LogP contribution >= 0.6 is 23.2 Å². The molecule has 1 heterocycles. The molecule has 1 aliphatic heterocycles. The molecule has 3 rings (SSSR count). The summed E-state index contributed by atoms with van der Waals surface area (Å²) in [6.45, 7) is 5.83. The number of benzene rings is 2. The van der Waals surface area contributed by atoms with Crippen LogP contribution in [0, 0.1) is 18.3 Å². The van der Waals surface area contributed by atoms with Gasteiger partial charge in [0, 0.05) is 21.3 Å². The lowest BCUT2D eigenvalue weighted by atomic mass is 9.91. The van der Waals surface area contributed by atoms with Gasteiger partial charge >= 0.3 is 0 Å². The van der Waals surface area contributed by atoms with Gasteiger partial charge in [-0.05, 0) is 48.2 Å². The molecule has 1 unspecified atom stereocenters. The van der Waals surface area contributed by atoms with Gasteiger partial charge in [-0.1, -0.05) is 67.2 Å². The molecular weight excluding hydrogens is 403 g/mol. The normalized spacial score (nSPS) is 20.6. The number of aliphatic imine (C=N–C) groups is 1. The Labute approximate surface area is 182 Å². The van der Waals surface area contributed by atoms with Crippen LogP contribution in [0.4, 0.5) is 0 Å². The van der Waals surface area contributed by atoms with Gasteiger partial charge in [0.1, 0.15) is 6.04 Å². The van der Waals surface area contributed by atoms with Gasteiger partial charge in [0.25, 0.3) is 0 Å². The maximum absolute atomic E-state index is 10.3. The van der Waals surface area contributed by atoms with Crippen LogP contribution in [0.2, 0.25) is 10.0 Å². The summed E-state index contributed by atoms with van der Waals surface area (Å²) < 4.78 is 0. The molecule has 2 aromatic carbocycles. The Bertz CT molecular complexity index is 954. The van der Waals surface area contributed by atoms with Crippen molar-refractivity contribution in [1.29, 1.82) is 0 Å². The van der Waals surface area contributed by atoms with Crippen molar-refractivity contribution in [1.82, 2.24) is 4.90 Å². The summed E-state index contributed by atoms with van der Waals surface area (Å²) in [7, 11) is 0. The number of hydrogen-bond donors (Lipinski definition) is 1. The van der Waals surface area contributed by atoms with Crippen LogP contribution in [0.3, 0.4) is 0 Å². The molecule has 0 aliphatic carbocycles. The summed E-state index contributed by atoms with van der Waals surface area (Å²) in [5.41, 5.74) is 3.58. The Morgan fingerprint density at radius 1 is 1.00 bits per heavy atom. The molecule has 0 aromatic heterocycles. The van der Waals surface area contributed by atoms with Crippen LogP contribution in [0.15, 0.2) is 64.8 Å². The molecule has 5 heteroatoms. The molecule has 0 radical (unpaired) electrons. The third-order valence-electron chi connectivity index (χ3n) is 5.05. The highest BCUT2D eigenvalue weighted by Gasteiger charge is 2.37. The van der Waals surface area contributed by atoms with Gasteiger partial charge in [-0.3, -0.25) is 4.99 Å². The lowest BCUT2D eigenvalue weighted by Crippen LogP contribution is -2.30. The Kier molecular flexibility index (Phi) is 6.70. The van der Waals surface area contributed by atoms with Crippen molar-refractivity contribution in [2.24, 2.45) is 10.9 Å². The van der Waals surface area contributed by atoms with E-state index in [2.05, 4.69) is 24.7 Å². The fraction of sp³-hybridized carbons (Fsp3) is 0.292. The van der Waals surface area contributed by atoms with Crippen molar-refractivity contribution >= 4 is 29.5 Å². The van der Waals surface area contributed by atoms with Gasteiger partial charge in [-0.15, -0.1) is 6.42 Å². The molecular formula is C24H24Cl2N2O. The molecule has 0 fully saturated rings. The molecule has 0 spiro atoms. The van der Waals surface area contributed by atoms with Crippen molar-refractivity contribution < 1.29 is 5.11 Å². The van der Waals surface area contributed by atoms with Crippen molar-refractivity contribution in [3.05, 3.63) is 81.0 Å². The van der Waals surface area contributed by atoms with Crippen molar-refractivity contribution in [2.75, 3.05) is 0 Å². The van der Waals surface area contributed by atoms with E-state index in [0.717, 1.165) is 16.8 Å². The van der Waals surface area contributed by atoms with Crippen LogP contribution in [0.1, 0.15) is 44.0 Å². The second kappa shape index (κ2) is 9.05. The molecule has 3 atom stereocenters. The fourth-order valence-electron chi connectivity index (χ4n) is 3.75. The molecule has 0 saturated heterocycles. The maximum Gasteiger partial charge on any atom is 0.102 e. The van der Waals surface area contributed by atoms with Gasteiger partial charge in [0.15, 0.2) is 0 Å². The van der Waals surface area contributed by atoms with Crippen LogP contribution < -0.4 is 0 Å². The molecule has 2 aromatic rings. The largest absolute Gasteiger partial charge is 0.388 e. The Morgan fingerprint density at radius 2 is 1.52 bits per heavy atom. The molecule has 150 valence electrons. The minimum Gasteiger partial charge on any atom is -0.388 e. The van der Waals surface area contributed by atoms with E-state index in [9.17, 15) is 5.11 Å². The van der Waals surface area contributed by atoms with Gasteiger partial charge in [-0.2, -0.15) is 0 Å². The number of halogens is 2. The van der Waals surface area contributed by atoms with E-state index in [-0.39, 0.29) is 18.0 Å². The topological polar surface area (TPSA) is 35.8 Å². The van der Waals surface area contributed by atoms with Gasteiger partial charge in [0.05, 0.1) is 18.5 Å². The lowest BCUT2D eigenvalue weighted by molar-refractivity contribution is 0.227. The van der Waals surface area contributed by atoms with Crippen molar-refractivity contribution in [3.63, 3.8) is 0 Å². The number of hydrogen-bond acceptors (Lipinski definition) is 3. The smallest absolute Gasteiger partial charge is 0.102 e. The molecule has 29 heavy (non-hydrogen) atoms. The highest BCUT2D eigenvalue weighted by Crippen LogP contribution is 2.44. The first-order valence-corrected chi connectivity index (χ1v) is 10.3. The predicted octanol–water partition coefficient (Wildman–Crippen LogP) is 6.04.